The van der Waals surface area contributed by atoms with Gasteiger partial charge in [0.15, 0.2) is 0 Å². The van der Waals surface area contributed by atoms with Gasteiger partial charge in [-0.2, -0.15) is 0 Å². The third-order valence-electron chi connectivity index (χ3n) is 4.65. The van der Waals surface area contributed by atoms with E-state index in [1.807, 2.05) is 0 Å². The second-order valence-corrected chi connectivity index (χ2v) is 6.24. The summed E-state index contributed by atoms with van der Waals surface area (Å²) in [6.07, 6.45) is 6.10. The highest BCUT2D eigenvalue weighted by Gasteiger charge is 2.36. The molecule has 0 radical (unpaired) electrons. The second-order valence-electron chi connectivity index (χ2n) is 6.24. The van der Waals surface area contributed by atoms with Crippen LogP contribution in [0.25, 0.3) is 0 Å². The van der Waals surface area contributed by atoms with E-state index in [1.165, 1.54) is 25.7 Å². The van der Waals surface area contributed by atoms with Crippen LogP contribution in [0, 0.1) is 5.41 Å². The van der Waals surface area contributed by atoms with Crippen LogP contribution in [0.2, 0.25) is 0 Å². The number of hydrogen-bond donors (Lipinski definition) is 2. The maximum atomic E-state index is 9.56. The summed E-state index contributed by atoms with van der Waals surface area (Å²) in [4.78, 5) is 2.51. The molecule has 2 heterocycles. The maximum Gasteiger partial charge on any atom is 0.0586 e. The van der Waals surface area contributed by atoms with Gasteiger partial charge in [-0.15, -0.1) is 0 Å². The summed E-state index contributed by atoms with van der Waals surface area (Å²) >= 11 is 0. The van der Waals surface area contributed by atoms with E-state index in [0.717, 1.165) is 45.8 Å². The SMILES string of the molecule is CCNCC1(CN2CCCCC2CO)CCCOC1. The Hall–Kier alpha value is -0.160. The summed E-state index contributed by atoms with van der Waals surface area (Å²) in [5.41, 5.74) is 0.249. The van der Waals surface area contributed by atoms with Crippen molar-refractivity contribution in [2.45, 2.75) is 45.1 Å². The number of aliphatic hydroxyl groups excluding tert-OH is 1. The van der Waals surface area contributed by atoms with Crippen LogP contribution in [0.15, 0.2) is 0 Å². The van der Waals surface area contributed by atoms with E-state index >= 15 is 0 Å². The van der Waals surface area contributed by atoms with Crippen molar-refractivity contribution in [2.75, 3.05) is 46.0 Å². The van der Waals surface area contributed by atoms with E-state index in [4.69, 9.17) is 4.74 Å². The molecule has 2 unspecified atom stereocenters. The van der Waals surface area contributed by atoms with Gasteiger partial charge in [0.1, 0.15) is 0 Å². The van der Waals surface area contributed by atoms with Crippen molar-refractivity contribution in [2.24, 2.45) is 5.41 Å². The number of hydrogen-bond acceptors (Lipinski definition) is 4. The summed E-state index contributed by atoms with van der Waals surface area (Å²) in [5, 5.41) is 13.1. The third-order valence-corrected chi connectivity index (χ3v) is 4.65. The number of likely N-dealkylation sites (tertiary alicyclic amines) is 1. The summed E-state index contributed by atoms with van der Waals surface area (Å²) in [5.74, 6) is 0. The summed E-state index contributed by atoms with van der Waals surface area (Å²) in [6.45, 7) is 8.52. The number of nitrogens with zero attached hydrogens (tertiary/aromatic N) is 1. The lowest BCUT2D eigenvalue weighted by Crippen LogP contribution is -2.53. The molecule has 2 atom stereocenters. The Bertz CT molecular complexity index is 255. The van der Waals surface area contributed by atoms with E-state index in [1.54, 1.807) is 0 Å². The van der Waals surface area contributed by atoms with Crippen LogP contribution in [0.3, 0.4) is 0 Å². The van der Waals surface area contributed by atoms with Crippen molar-refractivity contribution in [1.82, 2.24) is 10.2 Å². The minimum Gasteiger partial charge on any atom is -0.395 e. The van der Waals surface area contributed by atoms with Crippen LogP contribution in [0.4, 0.5) is 0 Å². The van der Waals surface area contributed by atoms with Gasteiger partial charge in [0.05, 0.1) is 13.2 Å². The highest BCUT2D eigenvalue weighted by Crippen LogP contribution is 2.31. The molecule has 2 aliphatic rings. The van der Waals surface area contributed by atoms with Crippen molar-refractivity contribution in [1.29, 1.82) is 0 Å². The van der Waals surface area contributed by atoms with E-state index in [-0.39, 0.29) is 5.41 Å². The lowest BCUT2D eigenvalue weighted by atomic mass is 9.80. The molecule has 2 N–H and O–H groups in total. The Labute approximate surface area is 117 Å². The molecule has 0 spiro atoms. The first-order valence-electron chi connectivity index (χ1n) is 7.93. The molecule has 0 aliphatic carbocycles. The van der Waals surface area contributed by atoms with Crippen molar-refractivity contribution in [3.8, 4) is 0 Å². The number of ether oxygens (including phenoxy) is 1. The molecule has 0 saturated carbocycles. The lowest BCUT2D eigenvalue weighted by Gasteiger charge is -2.44. The fraction of sp³-hybridized carbons (Fsp3) is 1.00. The van der Waals surface area contributed by atoms with E-state index in [2.05, 4.69) is 17.1 Å². The number of piperidine rings is 1. The Morgan fingerprint density at radius 1 is 1.37 bits per heavy atom. The fourth-order valence-corrected chi connectivity index (χ4v) is 3.53. The molecule has 19 heavy (non-hydrogen) atoms. The van der Waals surface area contributed by atoms with Crippen LogP contribution in [-0.2, 0) is 4.74 Å². The van der Waals surface area contributed by atoms with Crippen molar-refractivity contribution >= 4 is 0 Å². The smallest absolute Gasteiger partial charge is 0.0586 e. The molecule has 0 aromatic rings. The maximum absolute atomic E-state index is 9.56. The molecule has 4 heteroatoms. The molecular weight excluding hydrogens is 240 g/mol. The average Bonchev–Trinajstić information content (AvgIpc) is 2.47. The van der Waals surface area contributed by atoms with Crippen molar-refractivity contribution in [3.05, 3.63) is 0 Å². The van der Waals surface area contributed by atoms with E-state index in [0.29, 0.717) is 12.6 Å². The van der Waals surface area contributed by atoms with E-state index in [9.17, 15) is 5.11 Å². The van der Waals surface area contributed by atoms with Crippen LogP contribution < -0.4 is 5.32 Å². The van der Waals surface area contributed by atoms with Gasteiger partial charge in [0.25, 0.3) is 0 Å². The molecule has 4 nitrogen and oxygen atoms in total. The molecular formula is C15H30N2O2. The molecule has 2 saturated heterocycles. The summed E-state index contributed by atoms with van der Waals surface area (Å²) in [7, 11) is 0. The number of rotatable bonds is 6. The Morgan fingerprint density at radius 2 is 2.26 bits per heavy atom. The van der Waals surface area contributed by atoms with Gasteiger partial charge in [-0.3, -0.25) is 4.90 Å². The van der Waals surface area contributed by atoms with Gasteiger partial charge < -0.3 is 15.2 Å². The second kappa shape index (κ2) is 7.58. The van der Waals surface area contributed by atoms with Gasteiger partial charge in [0, 0.05) is 31.2 Å². The predicted molar refractivity (Wildman–Crippen MR) is 77.3 cm³/mol. The highest BCUT2D eigenvalue weighted by atomic mass is 16.5. The van der Waals surface area contributed by atoms with Crippen LogP contribution in [0.5, 0.6) is 0 Å². The molecule has 0 aromatic carbocycles. The lowest BCUT2D eigenvalue weighted by molar-refractivity contribution is -0.0425. The molecule has 0 bridgehead atoms. The minimum atomic E-state index is 0.249. The average molecular weight is 270 g/mol. The van der Waals surface area contributed by atoms with Gasteiger partial charge in [0.2, 0.25) is 0 Å². The van der Waals surface area contributed by atoms with Crippen LogP contribution in [0.1, 0.15) is 39.0 Å². The number of nitrogens with one attached hydrogen (secondary N) is 1. The van der Waals surface area contributed by atoms with Gasteiger partial charge in [-0.1, -0.05) is 13.3 Å². The fourth-order valence-electron chi connectivity index (χ4n) is 3.53. The largest absolute Gasteiger partial charge is 0.395 e. The van der Waals surface area contributed by atoms with Crippen LogP contribution in [-0.4, -0.2) is 62.0 Å². The monoisotopic (exact) mass is 270 g/mol. The molecule has 2 aliphatic heterocycles. The van der Waals surface area contributed by atoms with Gasteiger partial charge in [-0.05, 0) is 38.8 Å². The summed E-state index contributed by atoms with van der Waals surface area (Å²) in [6, 6.07) is 0.370. The Morgan fingerprint density at radius 3 is 2.95 bits per heavy atom. The quantitative estimate of drug-likeness (QED) is 0.762. The topological polar surface area (TPSA) is 44.7 Å². The zero-order chi connectivity index (χ0) is 13.6. The zero-order valence-electron chi connectivity index (χ0n) is 12.4. The van der Waals surface area contributed by atoms with Crippen molar-refractivity contribution < 1.29 is 9.84 Å². The molecule has 2 fully saturated rings. The standard InChI is InChI=1S/C15H30N2O2/c1-2-16-11-15(7-5-9-19-13-15)12-17-8-4-3-6-14(17)10-18/h14,16,18H,2-13H2,1H3. The third kappa shape index (κ3) is 4.15. The minimum absolute atomic E-state index is 0.249. The summed E-state index contributed by atoms with van der Waals surface area (Å²) < 4.78 is 5.76. The van der Waals surface area contributed by atoms with Gasteiger partial charge in [-0.25, -0.2) is 0 Å². The van der Waals surface area contributed by atoms with Crippen LogP contribution >= 0.6 is 0 Å². The normalized spacial score (nSPS) is 33.5. The molecule has 2 rings (SSSR count). The van der Waals surface area contributed by atoms with Crippen molar-refractivity contribution in [3.63, 3.8) is 0 Å². The molecule has 0 amide bonds. The Balaban J connectivity index is 1.97. The Kier molecular flexibility index (Phi) is 6.07. The first kappa shape index (κ1) is 15.2. The van der Waals surface area contributed by atoms with Gasteiger partial charge >= 0.3 is 0 Å². The predicted octanol–water partition coefficient (Wildman–Crippen LogP) is 1.24. The van der Waals surface area contributed by atoms with E-state index < -0.39 is 0 Å². The molecule has 112 valence electrons. The molecule has 0 aromatic heterocycles. The first-order valence-corrected chi connectivity index (χ1v) is 7.93. The first-order chi connectivity index (χ1) is 9.29. The highest BCUT2D eigenvalue weighted by molar-refractivity contribution is 4.90. The number of aliphatic hydroxyl groups is 1. The zero-order valence-corrected chi connectivity index (χ0v) is 12.4.